The van der Waals surface area contributed by atoms with Gasteiger partial charge in [0.15, 0.2) is 0 Å². The number of aldehydes is 1. The Morgan fingerprint density at radius 2 is 2.07 bits per heavy atom. The highest BCUT2D eigenvalue weighted by Gasteiger charge is 2.42. The van der Waals surface area contributed by atoms with E-state index < -0.39 is 0 Å². The summed E-state index contributed by atoms with van der Waals surface area (Å²) in [5, 5.41) is 0. The van der Waals surface area contributed by atoms with Crippen LogP contribution in [-0.4, -0.2) is 19.5 Å². The first-order valence-electron chi connectivity index (χ1n) is 6.35. The molecule has 0 radical (unpaired) electrons. The molecule has 2 aliphatic rings. The van der Waals surface area contributed by atoms with E-state index in [-0.39, 0.29) is 5.41 Å². The van der Waals surface area contributed by atoms with Crippen LogP contribution in [-0.2, 0) is 9.53 Å². The number of carbonyl (C=O) groups excluding carboxylic acids is 1. The van der Waals surface area contributed by atoms with E-state index in [1.54, 1.807) is 0 Å². The van der Waals surface area contributed by atoms with Gasteiger partial charge in [-0.2, -0.15) is 0 Å². The maximum atomic E-state index is 11.4. The van der Waals surface area contributed by atoms with Crippen molar-refractivity contribution in [3.05, 3.63) is 0 Å². The summed E-state index contributed by atoms with van der Waals surface area (Å²) in [7, 11) is 0. The summed E-state index contributed by atoms with van der Waals surface area (Å²) < 4.78 is 5.43. The van der Waals surface area contributed by atoms with Crippen molar-refractivity contribution < 1.29 is 9.53 Å². The zero-order valence-corrected chi connectivity index (χ0v) is 9.71. The van der Waals surface area contributed by atoms with E-state index in [2.05, 4.69) is 6.92 Å². The lowest BCUT2D eigenvalue weighted by molar-refractivity contribution is -0.122. The quantitative estimate of drug-likeness (QED) is 0.669. The number of hydrogen-bond acceptors (Lipinski definition) is 2. The predicted octanol–water partition coefficient (Wildman–Crippen LogP) is 2.81. The molecule has 1 aliphatic carbocycles. The van der Waals surface area contributed by atoms with Crippen molar-refractivity contribution in [3.63, 3.8) is 0 Å². The molecule has 0 N–H and O–H groups in total. The zero-order valence-electron chi connectivity index (χ0n) is 9.71. The summed E-state index contributed by atoms with van der Waals surface area (Å²) in [6, 6.07) is 0. The van der Waals surface area contributed by atoms with E-state index in [9.17, 15) is 4.79 Å². The minimum absolute atomic E-state index is 0.0256. The molecule has 2 fully saturated rings. The van der Waals surface area contributed by atoms with E-state index in [1.165, 1.54) is 25.5 Å². The van der Waals surface area contributed by atoms with Crippen LogP contribution < -0.4 is 0 Å². The Balaban J connectivity index is 2.00. The Kier molecular flexibility index (Phi) is 3.45. The van der Waals surface area contributed by atoms with Crippen LogP contribution in [0, 0.1) is 17.3 Å². The normalized spacial score (nSPS) is 41.7. The van der Waals surface area contributed by atoms with Gasteiger partial charge in [0.05, 0.1) is 6.61 Å². The smallest absolute Gasteiger partial charge is 0.126 e. The van der Waals surface area contributed by atoms with Crippen molar-refractivity contribution >= 4 is 6.29 Å². The van der Waals surface area contributed by atoms with E-state index in [0.29, 0.717) is 5.92 Å². The number of carbonyl (C=O) groups is 1. The average molecular weight is 210 g/mol. The van der Waals surface area contributed by atoms with Gasteiger partial charge in [0.1, 0.15) is 6.29 Å². The number of hydrogen-bond donors (Lipinski definition) is 0. The zero-order chi connectivity index (χ0) is 10.7. The highest BCUT2D eigenvalue weighted by atomic mass is 16.5. The van der Waals surface area contributed by atoms with E-state index in [1.807, 2.05) is 0 Å². The van der Waals surface area contributed by atoms with E-state index >= 15 is 0 Å². The third-order valence-corrected chi connectivity index (χ3v) is 4.59. The molecule has 0 spiro atoms. The molecule has 0 amide bonds. The molecular weight excluding hydrogens is 188 g/mol. The van der Waals surface area contributed by atoms with Crippen molar-refractivity contribution in [1.29, 1.82) is 0 Å². The molecule has 2 rings (SSSR count). The van der Waals surface area contributed by atoms with E-state index in [0.717, 1.165) is 38.4 Å². The van der Waals surface area contributed by atoms with Crippen LogP contribution in [0.15, 0.2) is 0 Å². The van der Waals surface area contributed by atoms with Gasteiger partial charge < -0.3 is 9.53 Å². The second-order valence-corrected chi connectivity index (χ2v) is 5.26. The molecule has 0 aromatic rings. The predicted molar refractivity (Wildman–Crippen MR) is 59.7 cm³/mol. The first-order valence-corrected chi connectivity index (χ1v) is 6.35. The summed E-state index contributed by atoms with van der Waals surface area (Å²) in [5.41, 5.74) is -0.0256. The molecule has 2 heteroatoms. The second kappa shape index (κ2) is 4.65. The Hall–Kier alpha value is -0.370. The molecule has 1 saturated carbocycles. The SMILES string of the molecule is CCC1CCC(C=O)(C2CCOC2)CC1. The summed E-state index contributed by atoms with van der Waals surface area (Å²) in [4.78, 5) is 11.4. The molecule has 0 bridgehead atoms. The average Bonchev–Trinajstić information content (AvgIpc) is 2.83. The van der Waals surface area contributed by atoms with Crippen molar-refractivity contribution in [3.8, 4) is 0 Å². The van der Waals surface area contributed by atoms with Gasteiger partial charge in [-0.1, -0.05) is 13.3 Å². The first kappa shape index (κ1) is 11.1. The van der Waals surface area contributed by atoms with Crippen molar-refractivity contribution in [2.75, 3.05) is 13.2 Å². The Morgan fingerprint density at radius 1 is 1.33 bits per heavy atom. The van der Waals surface area contributed by atoms with Crippen LogP contribution in [0.2, 0.25) is 0 Å². The fourth-order valence-electron chi connectivity index (χ4n) is 3.23. The van der Waals surface area contributed by atoms with Crippen molar-refractivity contribution in [2.45, 2.75) is 45.4 Å². The van der Waals surface area contributed by atoms with Crippen LogP contribution in [0.1, 0.15) is 45.4 Å². The topological polar surface area (TPSA) is 26.3 Å². The molecule has 1 heterocycles. The molecule has 1 unspecified atom stereocenters. The Morgan fingerprint density at radius 3 is 2.53 bits per heavy atom. The highest BCUT2D eigenvalue weighted by Crippen LogP contribution is 2.46. The highest BCUT2D eigenvalue weighted by molar-refractivity contribution is 5.60. The van der Waals surface area contributed by atoms with Gasteiger partial charge >= 0.3 is 0 Å². The van der Waals surface area contributed by atoms with E-state index in [4.69, 9.17) is 4.74 Å². The molecule has 86 valence electrons. The van der Waals surface area contributed by atoms with Gasteiger partial charge in [-0.15, -0.1) is 0 Å². The van der Waals surface area contributed by atoms with Gasteiger partial charge in [0.2, 0.25) is 0 Å². The lowest BCUT2D eigenvalue weighted by atomic mass is 9.64. The fraction of sp³-hybridized carbons (Fsp3) is 0.923. The second-order valence-electron chi connectivity index (χ2n) is 5.26. The summed E-state index contributed by atoms with van der Waals surface area (Å²) >= 11 is 0. The van der Waals surface area contributed by atoms with Gasteiger partial charge in [-0.25, -0.2) is 0 Å². The summed E-state index contributed by atoms with van der Waals surface area (Å²) in [6.45, 7) is 3.93. The van der Waals surface area contributed by atoms with Crippen molar-refractivity contribution in [2.24, 2.45) is 17.3 Å². The van der Waals surface area contributed by atoms with Crippen LogP contribution in [0.25, 0.3) is 0 Å². The van der Waals surface area contributed by atoms with Gasteiger partial charge in [-0.05, 0) is 43.9 Å². The standard InChI is InChI=1S/C13H22O2/c1-2-11-3-6-13(10-14,7-4-11)12-5-8-15-9-12/h10-12H,2-9H2,1H3. The molecule has 1 atom stereocenters. The number of ether oxygens (including phenoxy) is 1. The summed E-state index contributed by atoms with van der Waals surface area (Å²) in [5.74, 6) is 1.37. The third-order valence-electron chi connectivity index (χ3n) is 4.59. The molecule has 15 heavy (non-hydrogen) atoms. The van der Waals surface area contributed by atoms with Gasteiger partial charge in [0.25, 0.3) is 0 Å². The third kappa shape index (κ3) is 2.10. The summed E-state index contributed by atoms with van der Waals surface area (Å²) in [6.07, 6.45) is 8.30. The minimum Gasteiger partial charge on any atom is -0.381 e. The maximum absolute atomic E-state index is 11.4. The molecular formula is C13H22O2. The van der Waals surface area contributed by atoms with Crippen LogP contribution in [0.3, 0.4) is 0 Å². The Bertz CT molecular complexity index is 211. The first-order chi connectivity index (χ1) is 7.30. The van der Waals surface area contributed by atoms with Gasteiger partial charge in [-0.3, -0.25) is 0 Å². The molecule has 2 nitrogen and oxygen atoms in total. The lowest BCUT2D eigenvalue weighted by Crippen LogP contribution is -2.36. The molecule has 0 aromatic heterocycles. The monoisotopic (exact) mass is 210 g/mol. The van der Waals surface area contributed by atoms with Crippen LogP contribution >= 0.6 is 0 Å². The molecule has 1 saturated heterocycles. The van der Waals surface area contributed by atoms with Crippen LogP contribution in [0.5, 0.6) is 0 Å². The van der Waals surface area contributed by atoms with Crippen LogP contribution in [0.4, 0.5) is 0 Å². The Labute approximate surface area is 92.4 Å². The minimum atomic E-state index is -0.0256. The maximum Gasteiger partial charge on any atom is 0.126 e. The molecule has 1 aliphatic heterocycles. The number of rotatable bonds is 3. The fourth-order valence-corrected chi connectivity index (χ4v) is 3.23. The largest absolute Gasteiger partial charge is 0.381 e. The molecule has 0 aromatic carbocycles. The van der Waals surface area contributed by atoms with Crippen molar-refractivity contribution in [1.82, 2.24) is 0 Å². The van der Waals surface area contributed by atoms with Gasteiger partial charge in [0, 0.05) is 12.0 Å². The lowest BCUT2D eigenvalue weighted by Gasteiger charge is -2.39.